The number of anilines is 2. The minimum absolute atomic E-state index is 0.0773. The first-order valence-corrected chi connectivity index (χ1v) is 10.3. The Morgan fingerprint density at radius 3 is 2.79 bits per heavy atom. The van der Waals surface area contributed by atoms with E-state index in [0.717, 1.165) is 47.9 Å². The molecule has 0 spiro atoms. The van der Waals surface area contributed by atoms with E-state index < -0.39 is 0 Å². The molecule has 28 heavy (non-hydrogen) atoms. The first kappa shape index (κ1) is 18.6. The van der Waals surface area contributed by atoms with Gasteiger partial charge in [-0.05, 0) is 50.3 Å². The second-order valence-electron chi connectivity index (χ2n) is 7.24. The summed E-state index contributed by atoms with van der Waals surface area (Å²) in [5, 5.41) is 3.73. The third-order valence-electron chi connectivity index (χ3n) is 4.98. The van der Waals surface area contributed by atoms with Crippen LogP contribution in [0.4, 0.5) is 10.8 Å². The summed E-state index contributed by atoms with van der Waals surface area (Å²) in [5.41, 5.74) is 3.05. The van der Waals surface area contributed by atoms with Gasteiger partial charge in [-0.25, -0.2) is 4.98 Å². The Morgan fingerprint density at radius 2 is 2.00 bits per heavy atom. The van der Waals surface area contributed by atoms with Crippen molar-refractivity contribution in [2.45, 2.75) is 39.7 Å². The molecule has 0 unspecified atom stereocenters. The SMILES string of the molecule is Cc1ccc(C)c(NC(=O)Cn2cnc3nc(N4CCCCC4)sc3c2=O)c1. The zero-order chi connectivity index (χ0) is 19.7. The van der Waals surface area contributed by atoms with Crippen LogP contribution in [0.2, 0.25) is 0 Å². The lowest BCUT2D eigenvalue weighted by Gasteiger charge is -2.25. The van der Waals surface area contributed by atoms with Crippen LogP contribution in [0.25, 0.3) is 10.3 Å². The minimum Gasteiger partial charge on any atom is -0.348 e. The van der Waals surface area contributed by atoms with Gasteiger partial charge in [-0.3, -0.25) is 14.2 Å². The average Bonchev–Trinajstić information content (AvgIpc) is 3.13. The normalized spacial score (nSPS) is 14.4. The third-order valence-corrected chi connectivity index (χ3v) is 6.07. The molecular formula is C20H23N5O2S. The zero-order valence-corrected chi connectivity index (χ0v) is 16.9. The molecule has 3 aromatic rings. The van der Waals surface area contributed by atoms with Crippen LogP contribution in [0.15, 0.2) is 29.3 Å². The number of thiazole rings is 1. The van der Waals surface area contributed by atoms with Crippen LogP contribution in [-0.4, -0.2) is 33.5 Å². The fourth-order valence-corrected chi connectivity index (χ4v) is 4.40. The monoisotopic (exact) mass is 397 g/mol. The molecule has 1 amide bonds. The smallest absolute Gasteiger partial charge is 0.273 e. The van der Waals surface area contributed by atoms with E-state index >= 15 is 0 Å². The number of aromatic nitrogens is 3. The number of carbonyl (C=O) groups is 1. The summed E-state index contributed by atoms with van der Waals surface area (Å²) in [7, 11) is 0. The Hall–Kier alpha value is -2.74. The van der Waals surface area contributed by atoms with Crippen LogP contribution in [0.1, 0.15) is 30.4 Å². The molecule has 1 saturated heterocycles. The molecule has 2 aromatic heterocycles. The number of benzene rings is 1. The number of rotatable bonds is 4. The van der Waals surface area contributed by atoms with Gasteiger partial charge in [-0.1, -0.05) is 23.5 Å². The summed E-state index contributed by atoms with van der Waals surface area (Å²) in [5.74, 6) is -0.252. The Bertz CT molecular complexity index is 1080. The number of piperidine rings is 1. The number of fused-ring (bicyclic) bond motifs is 1. The van der Waals surface area contributed by atoms with Gasteiger partial charge in [0.25, 0.3) is 5.56 Å². The average molecular weight is 398 g/mol. The van der Waals surface area contributed by atoms with E-state index in [4.69, 9.17) is 0 Å². The Kier molecular flexibility index (Phi) is 5.13. The largest absolute Gasteiger partial charge is 0.348 e. The van der Waals surface area contributed by atoms with E-state index in [2.05, 4.69) is 20.2 Å². The molecule has 4 rings (SSSR count). The van der Waals surface area contributed by atoms with Crippen molar-refractivity contribution < 1.29 is 4.79 Å². The summed E-state index contributed by atoms with van der Waals surface area (Å²) in [6, 6.07) is 5.88. The number of amides is 1. The van der Waals surface area contributed by atoms with Gasteiger partial charge in [0.1, 0.15) is 17.6 Å². The van der Waals surface area contributed by atoms with E-state index in [-0.39, 0.29) is 18.0 Å². The lowest BCUT2D eigenvalue weighted by Crippen LogP contribution is -2.29. The summed E-state index contributed by atoms with van der Waals surface area (Å²) in [6.45, 7) is 5.76. The molecule has 1 aliphatic rings. The van der Waals surface area contributed by atoms with Gasteiger partial charge in [0, 0.05) is 18.8 Å². The highest BCUT2D eigenvalue weighted by atomic mass is 32.1. The second-order valence-corrected chi connectivity index (χ2v) is 8.22. The van der Waals surface area contributed by atoms with Gasteiger partial charge in [-0.15, -0.1) is 0 Å². The molecule has 1 fully saturated rings. The number of nitrogens with one attached hydrogen (secondary N) is 1. The Labute approximate surface area is 167 Å². The summed E-state index contributed by atoms with van der Waals surface area (Å²) >= 11 is 1.37. The van der Waals surface area contributed by atoms with E-state index in [0.29, 0.717) is 10.3 Å². The standard InChI is InChI=1S/C20H23N5O2S/c1-13-6-7-14(2)15(10-13)22-16(26)11-25-12-21-18-17(19(25)27)28-20(23-18)24-8-4-3-5-9-24/h6-7,10,12H,3-5,8-9,11H2,1-2H3,(H,22,26). The molecular weight excluding hydrogens is 374 g/mol. The predicted molar refractivity (Wildman–Crippen MR) is 112 cm³/mol. The van der Waals surface area contributed by atoms with Crippen molar-refractivity contribution in [3.63, 3.8) is 0 Å². The van der Waals surface area contributed by atoms with Crippen molar-refractivity contribution in [2.24, 2.45) is 0 Å². The molecule has 1 aromatic carbocycles. The summed E-state index contributed by atoms with van der Waals surface area (Å²) in [6.07, 6.45) is 4.94. The highest BCUT2D eigenvalue weighted by Gasteiger charge is 2.18. The maximum Gasteiger partial charge on any atom is 0.273 e. The predicted octanol–water partition coefficient (Wildman–Crippen LogP) is 3.10. The number of aryl methyl sites for hydroxylation is 2. The Morgan fingerprint density at radius 1 is 1.21 bits per heavy atom. The molecule has 1 N–H and O–H groups in total. The molecule has 0 bridgehead atoms. The van der Waals surface area contributed by atoms with Gasteiger partial charge >= 0.3 is 0 Å². The zero-order valence-electron chi connectivity index (χ0n) is 16.1. The Balaban J connectivity index is 1.55. The van der Waals surface area contributed by atoms with Crippen molar-refractivity contribution in [3.8, 4) is 0 Å². The van der Waals surface area contributed by atoms with E-state index in [1.807, 2.05) is 32.0 Å². The molecule has 7 nitrogen and oxygen atoms in total. The van der Waals surface area contributed by atoms with E-state index in [9.17, 15) is 9.59 Å². The maximum atomic E-state index is 12.8. The van der Waals surface area contributed by atoms with Crippen LogP contribution in [0.3, 0.4) is 0 Å². The van der Waals surface area contributed by atoms with Crippen molar-refractivity contribution in [3.05, 3.63) is 46.0 Å². The number of nitrogens with zero attached hydrogens (tertiary/aromatic N) is 4. The number of hydrogen-bond donors (Lipinski definition) is 1. The first-order valence-electron chi connectivity index (χ1n) is 9.49. The molecule has 0 atom stereocenters. The lowest BCUT2D eigenvalue weighted by atomic mass is 10.1. The molecule has 3 heterocycles. The highest BCUT2D eigenvalue weighted by molar-refractivity contribution is 7.22. The van der Waals surface area contributed by atoms with Gasteiger partial charge < -0.3 is 10.2 Å². The molecule has 0 aliphatic carbocycles. The summed E-state index contributed by atoms with van der Waals surface area (Å²) in [4.78, 5) is 36.3. The fourth-order valence-electron chi connectivity index (χ4n) is 3.38. The maximum absolute atomic E-state index is 12.8. The van der Waals surface area contributed by atoms with E-state index in [1.54, 1.807) is 0 Å². The number of carbonyl (C=O) groups excluding carboxylic acids is 1. The first-order chi connectivity index (χ1) is 13.5. The molecule has 0 radical (unpaired) electrons. The fraction of sp³-hybridized carbons (Fsp3) is 0.400. The van der Waals surface area contributed by atoms with Crippen molar-refractivity contribution in [1.29, 1.82) is 0 Å². The van der Waals surface area contributed by atoms with Gasteiger partial charge in [0.2, 0.25) is 5.91 Å². The second kappa shape index (κ2) is 7.71. The van der Waals surface area contributed by atoms with Crippen LogP contribution < -0.4 is 15.8 Å². The van der Waals surface area contributed by atoms with Crippen LogP contribution in [0, 0.1) is 13.8 Å². The topological polar surface area (TPSA) is 80.1 Å². The van der Waals surface area contributed by atoms with Crippen LogP contribution in [0.5, 0.6) is 0 Å². The molecule has 8 heteroatoms. The molecule has 146 valence electrons. The van der Waals surface area contributed by atoms with Gasteiger partial charge in [0.15, 0.2) is 10.8 Å². The summed E-state index contributed by atoms with van der Waals surface area (Å²) < 4.78 is 1.85. The van der Waals surface area contributed by atoms with Crippen molar-refractivity contribution >= 4 is 38.4 Å². The molecule has 1 aliphatic heterocycles. The third kappa shape index (κ3) is 3.77. The van der Waals surface area contributed by atoms with Crippen LogP contribution >= 0.6 is 11.3 Å². The highest BCUT2D eigenvalue weighted by Crippen LogP contribution is 2.27. The lowest BCUT2D eigenvalue weighted by molar-refractivity contribution is -0.116. The van der Waals surface area contributed by atoms with E-state index in [1.165, 1.54) is 28.7 Å². The van der Waals surface area contributed by atoms with Crippen molar-refractivity contribution in [1.82, 2.24) is 14.5 Å². The van der Waals surface area contributed by atoms with Gasteiger partial charge in [0.05, 0.1) is 0 Å². The number of hydrogen-bond acceptors (Lipinski definition) is 6. The minimum atomic E-state index is -0.252. The van der Waals surface area contributed by atoms with Crippen LogP contribution in [-0.2, 0) is 11.3 Å². The van der Waals surface area contributed by atoms with Crippen molar-refractivity contribution in [2.75, 3.05) is 23.3 Å². The van der Waals surface area contributed by atoms with Gasteiger partial charge in [-0.2, -0.15) is 4.98 Å². The molecule has 0 saturated carbocycles. The quantitative estimate of drug-likeness (QED) is 0.732.